The maximum Gasteiger partial charge on any atom is 0.181 e. The number of nitrogens with zero attached hydrogens (tertiary/aromatic N) is 3. The Morgan fingerprint density at radius 1 is 1.25 bits per heavy atom. The van der Waals surface area contributed by atoms with Gasteiger partial charge in [0.1, 0.15) is 5.82 Å². The Hall–Kier alpha value is -1.35. The first-order valence-corrected chi connectivity index (χ1v) is 5.84. The topological polar surface area (TPSA) is 30.7 Å². The maximum atomic E-state index is 5.74. The van der Waals surface area contributed by atoms with Gasteiger partial charge in [-0.2, -0.15) is 5.10 Å². The Balaban J connectivity index is 2.34. The zero-order valence-corrected chi connectivity index (χ0v) is 10.2. The van der Waals surface area contributed by atoms with Gasteiger partial charge in [-0.05, 0) is 19.4 Å². The van der Waals surface area contributed by atoms with Gasteiger partial charge in [-0.25, -0.2) is 4.98 Å². The molecular weight excluding hydrogens is 222 g/mol. The smallest absolute Gasteiger partial charge is 0.181 e. The first kappa shape index (κ1) is 11.1. The second kappa shape index (κ2) is 4.66. The van der Waals surface area contributed by atoms with E-state index in [9.17, 15) is 0 Å². The molecule has 0 saturated carbocycles. The van der Waals surface area contributed by atoms with E-state index in [1.54, 1.807) is 0 Å². The maximum absolute atomic E-state index is 5.74. The number of halogens is 1. The molecule has 1 heterocycles. The van der Waals surface area contributed by atoms with Crippen molar-refractivity contribution in [2.24, 2.45) is 0 Å². The molecule has 0 amide bonds. The molecule has 0 radical (unpaired) electrons. The van der Waals surface area contributed by atoms with Crippen LogP contribution in [0.4, 0.5) is 0 Å². The molecular formula is C12H14ClN3. The van der Waals surface area contributed by atoms with Gasteiger partial charge >= 0.3 is 0 Å². The predicted octanol–water partition coefficient (Wildman–Crippen LogP) is 3.01. The van der Waals surface area contributed by atoms with E-state index in [2.05, 4.69) is 17.0 Å². The highest BCUT2D eigenvalue weighted by atomic mass is 35.5. The third kappa shape index (κ3) is 2.09. The van der Waals surface area contributed by atoms with Crippen LogP contribution in [0.2, 0.25) is 0 Å². The highest BCUT2D eigenvalue weighted by Gasteiger charge is 2.06. The largest absolute Gasteiger partial charge is 0.250 e. The van der Waals surface area contributed by atoms with Gasteiger partial charge in [0.2, 0.25) is 0 Å². The zero-order valence-electron chi connectivity index (χ0n) is 9.44. The lowest BCUT2D eigenvalue weighted by Crippen LogP contribution is -1.98. The van der Waals surface area contributed by atoms with Gasteiger partial charge < -0.3 is 0 Å². The summed E-state index contributed by atoms with van der Waals surface area (Å²) in [6, 6.07) is 8.02. The second-order valence-corrected chi connectivity index (χ2v) is 3.90. The fourth-order valence-corrected chi connectivity index (χ4v) is 1.76. The third-order valence-corrected chi connectivity index (χ3v) is 2.83. The van der Waals surface area contributed by atoms with Crippen molar-refractivity contribution in [2.75, 3.05) is 0 Å². The van der Waals surface area contributed by atoms with Gasteiger partial charge in [0, 0.05) is 18.0 Å². The van der Waals surface area contributed by atoms with Crippen LogP contribution >= 0.6 is 11.6 Å². The normalized spacial score (nSPS) is 10.7. The van der Waals surface area contributed by atoms with Crippen molar-refractivity contribution in [3.63, 3.8) is 0 Å². The summed E-state index contributed by atoms with van der Waals surface area (Å²) in [5.41, 5.74) is 2.14. The number of aromatic nitrogens is 3. The van der Waals surface area contributed by atoms with Gasteiger partial charge in [-0.1, -0.05) is 24.3 Å². The molecule has 16 heavy (non-hydrogen) atoms. The van der Waals surface area contributed by atoms with Gasteiger partial charge in [0.25, 0.3) is 0 Å². The Labute approximate surface area is 100 Å². The summed E-state index contributed by atoms with van der Waals surface area (Å²) in [4.78, 5) is 4.43. The Morgan fingerprint density at radius 2 is 1.94 bits per heavy atom. The van der Waals surface area contributed by atoms with E-state index in [0.29, 0.717) is 5.88 Å². The molecule has 84 valence electrons. The van der Waals surface area contributed by atoms with E-state index in [1.807, 2.05) is 35.9 Å². The lowest BCUT2D eigenvalue weighted by Gasteiger charge is -1.97. The van der Waals surface area contributed by atoms with E-state index in [1.165, 1.54) is 0 Å². The molecule has 0 atom stereocenters. The minimum atomic E-state index is 0.538. The molecule has 4 heteroatoms. The first-order valence-electron chi connectivity index (χ1n) is 5.31. The molecule has 0 spiro atoms. The van der Waals surface area contributed by atoms with Crippen molar-refractivity contribution in [1.82, 2.24) is 14.8 Å². The second-order valence-electron chi connectivity index (χ2n) is 3.63. The number of hydrogen-bond acceptors (Lipinski definition) is 2. The van der Waals surface area contributed by atoms with E-state index in [0.717, 1.165) is 29.3 Å². The van der Waals surface area contributed by atoms with Gasteiger partial charge in [-0.15, -0.1) is 11.6 Å². The number of hydrogen-bond donors (Lipinski definition) is 0. The Kier molecular flexibility index (Phi) is 3.25. The summed E-state index contributed by atoms with van der Waals surface area (Å²) in [6.07, 6.45) is 0. The first-order chi connectivity index (χ1) is 7.74. The number of rotatable bonds is 3. The average molecular weight is 236 g/mol. The highest BCUT2D eigenvalue weighted by Crippen LogP contribution is 2.17. The molecule has 1 aromatic carbocycles. The molecule has 0 unspecified atom stereocenters. The molecule has 0 saturated heterocycles. The van der Waals surface area contributed by atoms with Crippen LogP contribution in [-0.4, -0.2) is 14.8 Å². The quantitative estimate of drug-likeness (QED) is 0.766. The summed E-state index contributed by atoms with van der Waals surface area (Å²) >= 11 is 5.74. The third-order valence-electron chi connectivity index (χ3n) is 2.52. The van der Waals surface area contributed by atoms with Crippen molar-refractivity contribution in [2.45, 2.75) is 26.3 Å². The monoisotopic (exact) mass is 235 g/mol. The summed E-state index contributed by atoms with van der Waals surface area (Å²) < 4.78 is 1.89. The van der Waals surface area contributed by atoms with Crippen molar-refractivity contribution >= 4 is 11.6 Å². The van der Waals surface area contributed by atoms with Crippen LogP contribution in [0.3, 0.4) is 0 Å². The van der Waals surface area contributed by atoms with E-state index in [-0.39, 0.29) is 0 Å². The van der Waals surface area contributed by atoms with Crippen LogP contribution in [0.5, 0.6) is 0 Å². The summed E-state index contributed by atoms with van der Waals surface area (Å²) in [6.45, 7) is 4.87. The van der Waals surface area contributed by atoms with Gasteiger partial charge in [0.05, 0.1) is 0 Å². The van der Waals surface area contributed by atoms with Crippen LogP contribution in [0.1, 0.15) is 18.3 Å². The van der Waals surface area contributed by atoms with Gasteiger partial charge in [-0.3, -0.25) is 4.68 Å². The fourth-order valence-electron chi connectivity index (χ4n) is 1.58. The minimum absolute atomic E-state index is 0.538. The summed E-state index contributed by atoms with van der Waals surface area (Å²) in [5, 5.41) is 4.43. The van der Waals surface area contributed by atoms with Crippen LogP contribution in [0, 0.1) is 6.92 Å². The summed E-state index contributed by atoms with van der Waals surface area (Å²) in [7, 11) is 0. The average Bonchev–Trinajstić information content (AvgIpc) is 2.71. The van der Waals surface area contributed by atoms with Crippen LogP contribution in [0.15, 0.2) is 24.3 Å². The summed E-state index contributed by atoms with van der Waals surface area (Å²) in [5.74, 6) is 2.26. The minimum Gasteiger partial charge on any atom is -0.250 e. The SMILES string of the molecule is CCn1nc(-c2ccc(CCl)cc2)nc1C. The molecule has 2 aromatic rings. The molecule has 0 aliphatic carbocycles. The Morgan fingerprint density at radius 3 is 2.44 bits per heavy atom. The Bertz CT molecular complexity index is 474. The zero-order chi connectivity index (χ0) is 11.5. The van der Waals surface area contributed by atoms with Gasteiger partial charge in [0.15, 0.2) is 5.82 Å². The van der Waals surface area contributed by atoms with Crippen molar-refractivity contribution < 1.29 is 0 Å². The van der Waals surface area contributed by atoms with E-state index in [4.69, 9.17) is 11.6 Å². The molecule has 0 bridgehead atoms. The van der Waals surface area contributed by atoms with Crippen LogP contribution in [0.25, 0.3) is 11.4 Å². The lowest BCUT2D eigenvalue weighted by atomic mass is 10.1. The number of alkyl halides is 1. The highest BCUT2D eigenvalue weighted by molar-refractivity contribution is 6.17. The van der Waals surface area contributed by atoms with Crippen molar-refractivity contribution in [3.05, 3.63) is 35.7 Å². The lowest BCUT2D eigenvalue weighted by molar-refractivity contribution is 0.637. The molecule has 0 N–H and O–H groups in total. The molecule has 0 aliphatic rings. The van der Waals surface area contributed by atoms with Crippen LogP contribution < -0.4 is 0 Å². The van der Waals surface area contributed by atoms with Crippen molar-refractivity contribution in [1.29, 1.82) is 0 Å². The van der Waals surface area contributed by atoms with E-state index >= 15 is 0 Å². The standard InChI is InChI=1S/C12H14ClN3/c1-3-16-9(2)14-12(15-16)11-6-4-10(8-13)5-7-11/h4-7H,3,8H2,1-2H3. The number of aryl methyl sites for hydroxylation is 2. The van der Waals surface area contributed by atoms with Crippen molar-refractivity contribution in [3.8, 4) is 11.4 Å². The van der Waals surface area contributed by atoms with Crippen LogP contribution in [-0.2, 0) is 12.4 Å². The molecule has 0 aliphatic heterocycles. The molecule has 2 rings (SSSR count). The molecule has 1 aromatic heterocycles. The molecule has 3 nitrogen and oxygen atoms in total. The fraction of sp³-hybridized carbons (Fsp3) is 0.333. The molecule has 0 fully saturated rings. The number of benzene rings is 1. The predicted molar refractivity (Wildman–Crippen MR) is 65.4 cm³/mol. The van der Waals surface area contributed by atoms with E-state index < -0.39 is 0 Å².